The summed E-state index contributed by atoms with van der Waals surface area (Å²) in [5.74, 6) is 0.831. The van der Waals surface area contributed by atoms with Gasteiger partial charge in [-0.2, -0.15) is 0 Å². The minimum atomic E-state index is 0.831. The molecule has 0 aliphatic carbocycles. The quantitative estimate of drug-likeness (QED) is 0.475. The molecule has 0 radical (unpaired) electrons. The zero-order chi connectivity index (χ0) is 8.53. The minimum Gasteiger partial charge on any atom is -0.385 e. The van der Waals surface area contributed by atoms with Gasteiger partial charge in [-0.05, 0) is 18.8 Å². The molecule has 0 saturated carbocycles. The summed E-state index contributed by atoms with van der Waals surface area (Å²) >= 11 is 3.47. The first kappa shape index (κ1) is 11.4. The van der Waals surface area contributed by atoms with Crippen molar-refractivity contribution in [2.45, 2.75) is 32.6 Å². The Morgan fingerprint density at radius 2 is 2.00 bits per heavy atom. The highest BCUT2D eigenvalue weighted by Crippen LogP contribution is 2.11. The Labute approximate surface area is 78.6 Å². The summed E-state index contributed by atoms with van der Waals surface area (Å²) in [5.41, 5.74) is 0. The molecular formula is C9H19BrO. The number of hydrogen-bond donors (Lipinski definition) is 0. The average Bonchev–Trinajstić information content (AvgIpc) is 2.04. The zero-order valence-electron chi connectivity index (χ0n) is 7.61. The number of hydrogen-bond acceptors (Lipinski definition) is 1. The third kappa shape index (κ3) is 8.35. The Hall–Kier alpha value is 0.440. The summed E-state index contributed by atoms with van der Waals surface area (Å²) in [6.07, 6.45) is 5.21. The molecule has 0 bridgehead atoms. The van der Waals surface area contributed by atoms with Crippen molar-refractivity contribution in [3.8, 4) is 0 Å². The van der Waals surface area contributed by atoms with Crippen LogP contribution >= 0.6 is 15.9 Å². The molecule has 0 fully saturated rings. The predicted octanol–water partition coefficient (Wildman–Crippen LogP) is 3.22. The molecule has 2 heteroatoms. The van der Waals surface area contributed by atoms with Gasteiger partial charge in [0.15, 0.2) is 0 Å². The highest BCUT2D eigenvalue weighted by molar-refractivity contribution is 9.09. The molecule has 1 atom stereocenters. The second-order valence-corrected chi connectivity index (χ2v) is 3.75. The van der Waals surface area contributed by atoms with Gasteiger partial charge in [0.2, 0.25) is 0 Å². The topological polar surface area (TPSA) is 9.23 Å². The van der Waals surface area contributed by atoms with Crippen molar-refractivity contribution in [1.82, 2.24) is 0 Å². The van der Waals surface area contributed by atoms with E-state index in [1.165, 1.54) is 25.7 Å². The molecule has 0 rings (SSSR count). The first-order chi connectivity index (χ1) is 5.31. The molecule has 0 heterocycles. The normalized spacial score (nSPS) is 13.4. The lowest BCUT2D eigenvalue weighted by atomic mass is 10.1. The fourth-order valence-corrected chi connectivity index (χ4v) is 1.32. The van der Waals surface area contributed by atoms with Crippen LogP contribution in [0.15, 0.2) is 0 Å². The fourth-order valence-electron chi connectivity index (χ4n) is 0.993. The van der Waals surface area contributed by atoms with Gasteiger partial charge in [-0.1, -0.05) is 35.7 Å². The van der Waals surface area contributed by atoms with Gasteiger partial charge in [-0.3, -0.25) is 0 Å². The van der Waals surface area contributed by atoms with E-state index in [0.29, 0.717) is 0 Å². The van der Waals surface area contributed by atoms with Crippen molar-refractivity contribution < 1.29 is 4.74 Å². The maximum absolute atomic E-state index is 4.97. The van der Waals surface area contributed by atoms with Crippen LogP contribution in [0.5, 0.6) is 0 Å². The zero-order valence-corrected chi connectivity index (χ0v) is 9.19. The molecule has 0 aromatic rings. The van der Waals surface area contributed by atoms with Crippen LogP contribution in [0, 0.1) is 5.92 Å². The third-order valence-corrected chi connectivity index (χ3v) is 2.91. The standard InChI is InChI=1S/C9H19BrO/c1-9(8-10)6-4-3-5-7-11-2/h9H,3-8H2,1-2H3. The van der Waals surface area contributed by atoms with E-state index in [9.17, 15) is 0 Å². The van der Waals surface area contributed by atoms with E-state index < -0.39 is 0 Å². The molecule has 1 unspecified atom stereocenters. The first-order valence-electron chi connectivity index (χ1n) is 4.36. The van der Waals surface area contributed by atoms with E-state index in [4.69, 9.17) is 4.74 Å². The van der Waals surface area contributed by atoms with Crippen molar-refractivity contribution >= 4 is 15.9 Å². The van der Waals surface area contributed by atoms with Crippen LogP contribution < -0.4 is 0 Å². The Balaban J connectivity index is 2.89. The van der Waals surface area contributed by atoms with Gasteiger partial charge in [0.05, 0.1) is 0 Å². The Morgan fingerprint density at radius 1 is 1.27 bits per heavy atom. The van der Waals surface area contributed by atoms with Crippen LogP contribution in [0.2, 0.25) is 0 Å². The number of alkyl halides is 1. The first-order valence-corrected chi connectivity index (χ1v) is 5.48. The fraction of sp³-hybridized carbons (Fsp3) is 1.00. The molecule has 0 spiro atoms. The molecule has 11 heavy (non-hydrogen) atoms. The monoisotopic (exact) mass is 222 g/mol. The highest BCUT2D eigenvalue weighted by Gasteiger charge is 1.98. The number of methoxy groups -OCH3 is 1. The van der Waals surface area contributed by atoms with Gasteiger partial charge in [-0.25, -0.2) is 0 Å². The summed E-state index contributed by atoms with van der Waals surface area (Å²) in [7, 11) is 1.76. The molecule has 68 valence electrons. The van der Waals surface area contributed by atoms with Gasteiger partial charge in [0.1, 0.15) is 0 Å². The van der Waals surface area contributed by atoms with E-state index >= 15 is 0 Å². The van der Waals surface area contributed by atoms with E-state index in [2.05, 4.69) is 22.9 Å². The van der Waals surface area contributed by atoms with Crippen molar-refractivity contribution in [3.63, 3.8) is 0 Å². The minimum absolute atomic E-state index is 0.831. The summed E-state index contributed by atoms with van der Waals surface area (Å²) < 4.78 is 4.97. The second-order valence-electron chi connectivity index (χ2n) is 3.10. The maximum atomic E-state index is 4.97. The van der Waals surface area contributed by atoms with Crippen LogP contribution in [-0.4, -0.2) is 19.0 Å². The molecule has 0 aromatic carbocycles. The number of halogens is 1. The molecule has 1 nitrogen and oxygen atoms in total. The molecule has 0 amide bonds. The molecular weight excluding hydrogens is 204 g/mol. The predicted molar refractivity (Wildman–Crippen MR) is 53.3 cm³/mol. The average molecular weight is 223 g/mol. The molecule has 0 aliphatic rings. The smallest absolute Gasteiger partial charge is 0.0462 e. The summed E-state index contributed by atoms with van der Waals surface area (Å²) in [5, 5.41) is 1.14. The van der Waals surface area contributed by atoms with Gasteiger partial charge < -0.3 is 4.74 Å². The lowest BCUT2D eigenvalue weighted by molar-refractivity contribution is 0.191. The summed E-state index contributed by atoms with van der Waals surface area (Å²) in [6, 6.07) is 0. The number of ether oxygens (including phenoxy) is 1. The number of unbranched alkanes of at least 4 members (excludes halogenated alkanes) is 2. The molecule has 0 aromatic heterocycles. The molecule has 0 saturated heterocycles. The second kappa shape index (κ2) is 8.54. The SMILES string of the molecule is COCCCCCC(C)CBr. The van der Waals surface area contributed by atoms with Crippen molar-refractivity contribution in [1.29, 1.82) is 0 Å². The Morgan fingerprint density at radius 3 is 2.55 bits per heavy atom. The third-order valence-electron chi connectivity index (χ3n) is 1.81. The van der Waals surface area contributed by atoms with Crippen molar-refractivity contribution in [2.75, 3.05) is 19.0 Å². The maximum Gasteiger partial charge on any atom is 0.0462 e. The summed E-state index contributed by atoms with van der Waals surface area (Å²) in [4.78, 5) is 0. The van der Waals surface area contributed by atoms with E-state index in [-0.39, 0.29) is 0 Å². The largest absolute Gasteiger partial charge is 0.385 e. The molecule has 0 aliphatic heterocycles. The van der Waals surface area contributed by atoms with Gasteiger partial charge in [-0.15, -0.1) is 0 Å². The summed E-state index contributed by atoms with van der Waals surface area (Å²) in [6.45, 7) is 3.20. The van der Waals surface area contributed by atoms with Crippen LogP contribution in [-0.2, 0) is 4.74 Å². The Kier molecular flexibility index (Phi) is 8.88. The van der Waals surface area contributed by atoms with E-state index in [1.54, 1.807) is 7.11 Å². The van der Waals surface area contributed by atoms with Crippen LogP contribution in [0.4, 0.5) is 0 Å². The van der Waals surface area contributed by atoms with E-state index in [1.807, 2.05) is 0 Å². The van der Waals surface area contributed by atoms with Crippen LogP contribution in [0.25, 0.3) is 0 Å². The lowest BCUT2D eigenvalue weighted by Gasteiger charge is -2.05. The van der Waals surface area contributed by atoms with Crippen molar-refractivity contribution in [3.05, 3.63) is 0 Å². The highest BCUT2D eigenvalue weighted by atomic mass is 79.9. The van der Waals surface area contributed by atoms with Crippen LogP contribution in [0.3, 0.4) is 0 Å². The molecule has 0 N–H and O–H groups in total. The van der Waals surface area contributed by atoms with Crippen LogP contribution in [0.1, 0.15) is 32.6 Å². The Bertz CT molecular complexity index is 76.0. The van der Waals surface area contributed by atoms with E-state index in [0.717, 1.165) is 17.9 Å². The van der Waals surface area contributed by atoms with Gasteiger partial charge in [0, 0.05) is 19.0 Å². The van der Waals surface area contributed by atoms with Gasteiger partial charge >= 0.3 is 0 Å². The lowest BCUT2D eigenvalue weighted by Crippen LogP contribution is -1.96. The van der Waals surface area contributed by atoms with Gasteiger partial charge in [0.25, 0.3) is 0 Å². The van der Waals surface area contributed by atoms with Crippen molar-refractivity contribution in [2.24, 2.45) is 5.92 Å². The number of rotatable bonds is 7.